The number of hydrogen-bond acceptors (Lipinski definition) is 3. The monoisotopic (exact) mass is 202 g/mol. The molecule has 0 radical (unpaired) electrons. The van der Waals surface area contributed by atoms with E-state index in [4.69, 9.17) is 4.74 Å². The molecule has 0 aromatic carbocycles. The normalized spacial score (nSPS) is 9.86. The molecule has 0 rings (SSSR count). The van der Waals surface area contributed by atoms with E-state index < -0.39 is 0 Å². The van der Waals surface area contributed by atoms with Gasteiger partial charge < -0.3 is 15.4 Å². The first-order chi connectivity index (χ1) is 6.81. The standard InChI is InChI=1S/C10H22N2O2/c1-3-12-10(13)14-9-7-5-4-6-8-11-2/h11H,3-9H2,1-2H3,(H,12,13). The fraction of sp³-hybridized carbons (Fsp3) is 0.900. The molecule has 0 spiro atoms. The van der Waals surface area contributed by atoms with Gasteiger partial charge in [0.05, 0.1) is 6.61 Å². The second kappa shape index (κ2) is 10.3. The van der Waals surface area contributed by atoms with E-state index in [0.29, 0.717) is 13.2 Å². The molecule has 0 unspecified atom stereocenters. The van der Waals surface area contributed by atoms with Crippen LogP contribution in [0.2, 0.25) is 0 Å². The van der Waals surface area contributed by atoms with Crippen LogP contribution in [-0.2, 0) is 4.74 Å². The van der Waals surface area contributed by atoms with Gasteiger partial charge in [-0.05, 0) is 33.4 Å². The van der Waals surface area contributed by atoms with E-state index in [0.717, 1.165) is 19.4 Å². The zero-order valence-electron chi connectivity index (χ0n) is 9.27. The lowest BCUT2D eigenvalue weighted by atomic mass is 10.2. The summed E-state index contributed by atoms with van der Waals surface area (Å²) in [4.78, 5) is 10.8. The number of carbonyl (C=O) groups excluding carboxylic acids is 1. The summed E-state index contributed by atoms with van der Waals surface area (Å²) in [5.41, 5.74) is 0. The Kier molecular flexibility index (Phi) is 9.74. The van der Waals surface area contributed by atoms with Gasteiger partial charge in [0.2, 0.25) is 0 Å². The van der Waals surface area contributed by atoms with Gasteiger partial charge in [-0.2, -0.15) is 0 Å². The van der Waals surface area contributed by atoms with Gasteiger partial charge in [-0.15, -0.1) is 0 Å². The van der Waals surface area contributed by atoms with Crippen molar-refractivity contribution < 1.29 is 9.53 Å². The summed E-state index contributed by atoms with van der Waals surface area (Å²) in [5.74, 6) is 0. The molecule has 4 heteroatoms. The van der Waals surface area contributed by atoms with Crippen LogP contribution in [0, 0.1) is 0 Å². The lowest BCUT2D eigenvalue weighted by Crippen LogP contribution is -2.23. The smallest absolute Gasteiger partial charge is 0.407 e. The van der Waals surface area contributed by atoms with Gasteiger partial charge in [0.15, 0.2) is 0 Å². The summed E-state index contributed by atoms with van der Waals surface area (Å²) >= 11 is 0. The number of carbonyl (C=O) groups is 1. The van der Waals surface area contributed by atoms with Crippen LogP contribution in [0.25, 0.3) is 0 Å². The van der Waals surface area contributed by atoms with Crippen molar-refractivity contribution in [1.82, 2.24) is 10.6 Å². The molecule has 4 nitrogen and oxygen atoms in total. The number of alkyl carbamates (subject to hydrolysis) is 1. The molecule has 2 N–H and O–H groups in total. The number of rotatable bonds is 8. The lowest BCUT2D eigenvalue weighted by Gasteiger charge is -2.04. The fourth-order valence-electron chi connectivity index (χ4n) is 1.12. The minimum absolute atomic E-state index is 0.303. The van der Waals surface area contributed by atoms with Crippen molar-refractivity contribution in [2.45, 2.75) is 32.6 Å². The molecule has 0 aliphatic carbocycles. The molecule has 0 saturated carbocycles. The highest BCUT2D eigenvalue weighted by atomic mass is 16.5. The summed E-state index contributed by atoms with van der Waals surface area (Å²) in [5, 5.41) is 5.68. The van der Waals surface area contributed by atoms with E-state index in [1.807, 2.05) is 14.0 Å². The summed E-state index contributed by atoms with van der Waals surface area (Å²) in [7, 11) is 1.96. The summed E-state index contributed by atoms with van der Waals surface area (Å²) in [6, 6.07) is 0. The molecule has 1 amide bonds. The first-order valence-corrected chi connectivity index (χ1v) is 5.36. The zero-order chi connectivity index (χ0) is 10.6. The van der Waals surface area contributed by atoms with E-state index in [1.54, 1.807) is 0 Å². The molecular formula is C10H22N2O2. The average Bonchev–Trinajstić information content (AvgIpc) is 2.17. The minimum atomic E-state index is -0.303. The van der Waals surface area contributed by atoms with Gasteiger partial charge in [0.25, 0.3) is 0 Å². The van der Waals surface area contributed by atoms with Crippen LogP contribution in [0.5, 0.6) is 0 Å². The van der Waals surface area contributed by atoms with Crippen LogP contribution < -0.4 is 10.6 Å². The number of nitrogens with one attached hydrogen (secondary N) is 2. The first kappa shape index (κ1) is 13.2. The highest BCUT2D eigenvalue weighted by molar-refractivity contribution is 5.66. The van der Waals surface area contributed by atoms with E-state index in [-0.39, 0.29) is 6.09 Å². The van der Waals surface area contributed by atoms with E-state index in [2.05, 4.69) is 10.6 Å². The number of amides is 1. The predicted octanol–water partition coefficient (Wildman–Crippen LogP) is 1.51. The lowest BCUT2D eigenvalue weighted by molar-refractivity contribution is 0.144. The topological polar surface area (TPSA) is 50.4 Å². The molecule has 0 aromatic heterocycles. The quantitative estimate of drug-likeness (QED) is 0.587. The van der Waals surface area contributed by atoms with Crippen LogP contribution >= 0.6 is 0 Å². The van der Waals surface area contributed by atoms with Crippen molar-refractivity contribution in [2.75, 3.05) is 26.7 Å². The Bertz CT molecular complexity index is 140. The average molecular weight is 202 g/mol. The highest BCUT2D eigenvalue weighted by Gasteiger charge is 1.97. The third-order valence-electron chi connectivity index (χ3n) is 1.88. The largest absolute Gasteiger partial charge is 0.450 e. The van der Waals surface area contributed by atoms with Crippen molar-refractivity contribution in [3.63, 3.8) is 0 Å². The second-order valence-corrected chi connectivity index (χ2v) is 3.18. The first-order valence-electron chi connectivity index (χ1n) is 5.36. The van der Waals surface area contributed by atoms with Crippen LogP contribution in [0.4, 0.5) is 4.79 Å². The molecule has 0 atom stereocenters. The molecule has 0 aliphatic heterocycles. The van der Waals surface area contributed by atoms with E-state index >= 15 is 0 Å². The van der Waals surface area contributed by atoms with Gasteiger partial charge in [0.1, 0.15) is 0 Å². The Morgan fingerprint density at radius 1 is 1.21 bits per heavy atom. The van der Waals surface area contributed by atoms with Crippen molar-refractivity contribution in [3.8, 4) is 0 Å². The van der Waals surface area contributed by atoms with Crippen LogP contribution in [0.3, 0.4) is 0 Å². The van der Waals surface area contributed by atoms with Gasteiger partial charge in [-0.3, -0.25) is 0 Å². The second-order valence-electron chi connectivity index (χ2n) is 3.18. The Morgan fingerprint density at radius 3 is 2.57 bits per heavy atom. The van der Waals surface area contributed by atoms with Crippen molar-refractivity contribution in [3.05, 3.63) is 0 Å². The molecule has 84 valence electrons. The number of unbranched alkanes of at least 4 members (excludes halogenated alkanes) is 3. The third kappa shape index (κ3) is 9.32. The molecular weight excluding hydrogens is 180 g/mol. The number of hydrogen-bond donors (Lipinski definition) is 2. The summed E-state index contributed by atoms with van der Waals surface area (Å²) in [6.45, 7) is 4.10. The molecule has 0 aliphatic rings. The van der Waals surface area contributed by atoms with Crippen molar-refractivity contribution >= 4 is 6.09 Å². The van der Waals surface area contributed by atoms with Gasteiger partial charge in [-0.1, -0.05) is 12.8 Å². The predicted molar refractivity (Wildman–Crippen MR) is 57.4 cm³/mol. The Morgan fingerprint density at radius 2 is 1.93 bits per heavy atom. The van der Waals surface area contributed by atoms with Gasteiger partial charge >= 0.3 is 6.09 Å². The Hall–Kier alpha value is -0.770. The molecule has 0 aromatic rings. The third-order valence-corrected chi connectivity index (χ3v) is 1.88. The molecule has 0 heterocycles. The Labute approximate surface area is 86.4 Å². The minimum Gasteiger partial charge on any atom is -0.450 e. The van der Waals surface area contributed by atoms with Crippen LogP contribution in [-0.4, -0.2) is 32.8 Å². The Balaban J connectivity index is 3.01. The van der Waals surface area contributed by atoms with Gasteiger partial charge in [-0.25, -0.2) is 4.79 Å². The number of ether oxygens (including phenoxy) is 1. The highest BCUT2D eigenvalue weighted by Crippen LogP contribution is 1.99. The van der Waals surface area contributed by atoms with E-state index in [9.17, 15) is 4.79 Å². The fourth-order valence-corrected chi connectivity index (χ4v) is 1.12. The van der Waals surface area contributed by atoms with Gasteiger partial charge in [0, 0.05) is 6.54 Å². The molecule has 0 fully saturated rings. The molecule has 0 bridgehead atoms. The summed E-state index contributed by atoms with van der Waals surface area (Å²) in [6.07, 6.45) is 4.17. The maximum atomic E-state index is 10.8. The van der Waals surface area contributed by atoms with Crippen LogP contribution in [0.15, 0.2) is 0 Å². The zero-order valence-corrected chi connectivity index (χ0v) is 9.27. The summed E-state index contributed by atoms with van der Waals surface area (Å²) < 4.78 is 4.92. The SMILES string of the molecule is CCNC(=O)OCCCCCCNC. The molecule has 0 saturated heterocycles. The maximum Gasteiger partial charge on any atom is 0.407 e. The van der Waals surface area contributed by atoms with Crippen molar-refractivity contribution in [1.29, 1.82) is 0 Å². The molecule has 14 heavy (non-hydrogen) atoms. The maximum absolute atomic E-state index is 10.8. The van der Waals surface area contributed by atoms with E-state index in [1.165, 1.54) is 12.8 Å². The van der Waals surface area contributed by atoms with Crippen LogP contribution in [0.1, 0.15) is 32.6 Å². The van der Waals surface area contributed by atoms with Crippen molar-refractivity contribution in [2.24, 2.45) is 0 Å².